The van der Waals surface area contributed by atoms with Crippen LogP contribution in [0.25, 0.3) is 0 Å². The van der Waals surface area contributed by atoms with Crippen molar-refractivity contribution < 1.29 is 4.79 Å². The summed E-state index contributed by atoms with van der Waals surface area (Å²) in [6, 6.07) is 7.53. The van der Waals surface area contributed by atoms with E-state index < -0.39 is 0 Å². The molecule has 1 N–H and O–H groups in total. The lowest BCUT2D eigenvalue weighted by Crippen LogP contribution is -2.11. The zero-order valence-corrected chi connectivity index (χ0v) is 11.5. The molecule has 18 heavy (non-hydrogen) atoms. The lowest BCUT2D eigenvalue weighted by atomic mass is 10.1. The Hall–Kier alpha value is -1.39. The highest BCUT2D eigenvalue weighted by Gasteiger charge is 2.05. The summed E-state index contributed by atoms with van der Waals surface area (Å²) < 4.78 is 0. The van der Waals surface area contributed by atoms with E-state index in [-0.39, 0.29) is 5.91 Å². The number of nitrogens with zero attached hydrogens (tertiary/aromatic N) is 1. The maximum atomic E-state index is 11.7. The van der Waals surface area contributed by atoms with Gasteiger partial charge in [-0.1, -0.05) is 23.7 Å². The van der Waals surface area contributed by atoms with E-state index in [4.69, 9.17) is 11.6 Å². The van der Waals surface area contributed by atoms with E-state index in [2.05, 4.69) is 10.3 Å². The standard InChI is InChI=1S/C13H13ClN2OS/c1-9-8-15-13(18-9)16-12(17)7-4-10-2-5-11(14)6-3-10/h2-3,5-6,8H,4,7H2,1H3,(H,15,16,17). The fourth-order valence-electron chi connectivity index (χ4n) is 1.50. The van der Waals surface area contributed by atoms with Crippen LogP contribution in [0.1, 0.15) is 16.9 Å². The Morgan fingerprint density at radius 1 is 1.39 bits per heavy atom. The second-order valence-corrected chi connectivity index (χ2v) is 5.62. The zero-order chi connectivity index (χ0) is 13.0. The zero-order valence-electron chi connectivity index (χ0n) is 9.94. The van der Waals surface area contributed by atoms with Crippen LogP contribution in [-0.2, 0) is 11.2 Å². The molecule has 1 heterocycles. The molecular weight excluding hydrogens is 268 g/mol. The molecule has 1 aromatic heterocycles. The predicted molar refractivity (Wildman–Crippen MR) is 75.3 cm³/mol. The van der Waals surface area contributed by atoms with Crippen LogP contribution in [0.4, 0.5) is 5.13 Å². The number of aryl methyl sites for hydroxylation is 2. The molecule has 94 valence electrons. The number of halogens is 1. The van der Waals surface area contributed by atoms with E-state index in [0.717, 1.165) is 10.4 Å². The summed E-state index contributed by atoms with van der Waals surface area (Å²) in [6.45, 7) is 1.96. The van der Waals surface area contributed by atoms with Gasteiger partial charge < -0.3 is 5.32 Å². The van der Waals surface area contributed by atoms with Gasteiger partial charge in [-0.2, -0.15) is 0 Å². The molecule has 0 spiro atoms. The Kier molecular flexibility index (Phi) is 4.33. The van der Waals surface area contributed by atoms with Gasteiger partial charge in [0.2, 0.25) is 5.91 Å². The molecule has 0 fully saturated rings. The highest BCUT2D eigenvalue weighted by molar-refractivity contribution is 7.15. The number of amides is 1. The van der Waals surface area contributed by atoms with Crippen molar-refractivity contribution in [3.8, 4) is 0 Å². The number of carbonyl (C=O) groups is 1. The Bertz CT molecular complexity index is 536. The largest absolute Gasteiger partial charge is 0.302 e. The van der Waals surface area contributed by atoms with Gasteiger partial charge in [-0.25, -0.2) is 4.98 Å². The van der Waals surface area contributed by atoms with Gasteiger partial charge in [0.25, 0.3) is 0 Å². The molecule has 2 rings (SSSR count). The quantitative estimate of drug-likeness (QED) is 0.928. The van der Waals surface area contributed by atoms with Crippen LogP contribution in [0.15, 0.2) is 30.5 Å². The number of anilines is 1. The van der Waals surface area contributed by atoms with Gasteiger partial charge in [0.1, 0.15) is 0 Å². The molecule has 0 radical (unpaired) electrons. The topological polar surface area (TPSA) is 42.0 Å². The molecule has 2 aromatic rings. The van der Waals surface area contributed by atoms with Crippen LogP contribution in [-0.4, -0.2) is 10.9 Å². The molecule has 5 heteroatoms. The molecule has 0 saturated heterocycles. The normalized spacial score (nSPS) is 10.3. The highest BCUT2D eigenvalue weighted by Crippen LogP contribution is 2.17. The van der Waals surface area contributed by atoms with Crippen molar-refractivity contribution in [3.63, 3.8) is 0 Å². The number of aromatic nitrogens is 1. The smallest absolute Gasteiger partial charge is 0.226 e. The first-order valence-electron chi connectivity index (χ1n) is 5.60. The lowest BCUT2D eigenvalue weighted by Gasteiger charge is -2.02. The van der Waals surface area contributed by atoms with Crippen molar-refractivity contribution >= 4 is 34.0 Å². The van der Waals surface area contributed by atoms with Crippen LogP contribution in [0, 0.1) is 6.92 Å². The van der Waals surface area contributed by atoms with Crippen molar-refractivity contribution in [1.29, 1.82) is 0 Å². The van der Waals surface area contributed by atoms with Crippen LogP contribution in [0.2, 0.25) is 5.02 Å². The summed E-state index contributed by atoms with van der Waals surface area (Å²) in [7, 11) is 0. The monoisotopic (exact) mass is 280 g/mol. The number of benzene rings is 1. The molecule has 0 saturated carbocycles. The van der Waals surface area contributed by atoms with Crippen LogP contribution in [0.3, 0.4) is 0 Å². The minimum Gasteiger partial charge on any atom is -0.302 e. The summed E-state index contributed by atoms with van der Waals surface area (Å²) in [5, 5.41) is 4.16. The third kappa shape index (κ3) is 3.82. The van der Waals surface area contributed by atoms with Crippen LogP contribution >= 0.6 is 22.9 Å². The van der Waals surface area contributed by atoms with Crippen molar-refractivity contribution in [2.75, 3.05) is 5.32 Å². The van der Waals surface area contributed by atoms with E-state index in [1.807, 2.05) is 31.2 Å². The molecule has 1 aromatic carbocycles. The number of carbonyl (C=O) groups excluding carboxylic acids is 1. The molecular formula is C13H13ClN2OS. The minimum absolute atomic E-state index is 0.0145. The Morgan fingerprint density at radius 2 is 2.11 bits per heavy atom. The van der Waals surface area contributed by atoms with Gasteiger partial charge in [-0.3, -0.25) is 4.79 Å². The predicted octanol–water partition coefficient (Wildman–Crippen LogP) is 3.68. The van der Waals surface area contributed by atoms with Crippen LogP contribution < -0.4 is 5.32 Å². The van der Waals surface area contributed by atoms with E-state index in [0.29, 0.717) is 23.0 Å². The summed E-state index contributed by atoms with van der Waals surface area (Å²) in [4.78, 5) is 16.9. The lowest BCUT2D eigenvalue weighted by molar-refractivity contribution is -0.116. The van der Waals surface area contributed by atoms with Gasteiger partial charge >= 0.3 is 0 Å². The second kappa shape index (κ2) is 5.98. The second-order valence-electron chi connectivity index (χ2n) is 3.95. The van der Waals surface area contributed by atoms with E-state index in [9.17, 15) is 4.79 Å². The SMILES string of the molecule is Cc1cnc(NC(=O)CCc2ccc(Cl)cc2)s1. The third-order valence-electron chi connectivity index (χ3n) is 2.42. The van der Waals surface area contributed by atoms with Gasteiger partial charge in [0.15, 0.2) is 5.13 Å². The Morgan fingerprint density at radius 3 is 2.72 bits per heavy atom. The molecule has 0 aliphatic heterocycles. The molecule has 3 nitrogen and oxygen atoms in total. The fraction of sp³-hybridized carbons (Fsp3) is 0.231. The minimum atomic E-state index is -0.0145. The van der Waals surface area contributed by atoms with E-state index in [1.165, 1.54) is 11.3 Å². The van der Waals surface area contributed by atoms with Gasteiger partial charge in [0.05, 0.1) is 0 Å². The fourth-order valence-corrected chi connectivity index (χ4v) is 2.31. The number of thiazole rings is 1. The van der Waals surface area contributed by atoms with Crippen molar-refractivity contribution in [2.24, 2.45) is 0 Å². The third-order valence-corrected chi connectivity index (χ3v) is 3.50. The maximum absolute atomic E-state index is 11.7. The summed E-state index contributed by atoms with van der Waals surface area (Å²) in [5.41, 5.74) is 1.10. The summed E-state index contributed by atoms with van der Waals surface area (Å²) >= 11 is 7.28. The first-order chi connectivity index (χ1) is 8.63. The van der Waals surface area contributed by atoms with Gasteiger partial charge in [-0.05, 0) is 31.0 Å². The number of hydrogen-bond acceptors (Lipinski definition) is 3. The number of hydrogen-bond donors (Lipinski definition) is 1. The molecule has 0 unspecified atom stereocenters. The first-order valence-corrected chi connectivity index (χ1v) is 6.79. The Balaban J connectivity index is 1.83. The average molecular weight is 281 g/mol. The van der Waals surface area contributed by atoms with E-state index in [1.54, 1.807) is 6.20 Å². The molecule has 0 atom stereocenters. The molecule has 0 aliphatic carbocycles. The number of rotatable bonds is 4. The first kappa shape index (κ1) is 13.1. The van der Waals surface area contributed by atoms with E-state index >= 15 is 0 Å². The van der Waals surface area contributed by atoms with Crippen LogP contribution in [0.5, 0.6) is 0 Å². The highest BCUT2D eigenvalue weighted by atomic mass is 35.5. The molecule has 0 aliphatic rings. The van der Waals surface area contributed by atoms with Crippen molar-refractivity contribution in [3.05, 3.63) is 45.9 Å². The molecule has 0 bridgehead atoms. The maximum Gasteiger partial charge on any atom is 0.226 e. The van der Waals surface area contributed by atoms with Gasteiger partial charge in [0, 0.05) is 22.5 Å². The van der Waals surface area contributed by atoms with Crippen molar-refractivity contribution in [1.82, 2.24) is 4.98 Å². The number of nitrogens with one attached hydrogen (secondary N) is 1. The summed E-state index contributed by atoms with van der Waals surface area (Å²) in [6.07, 6.45) is 2.90. The average Bonchev–Trinajstić information content (AvgIpc) is 2.74. The Labute approximate surface area is 115 Å². The molecule has 1 amide bonds. The van der Waals surface area contributed by atoms with Gasteiger partial charge in [-0.15, -0.1) is 11.3 Å². The summed E-state index contributed by atoms with van der Waals surface area (Å²) in [5.74, 6) is -0.0145. The van der Waals surface area contributed by atoms with Crippen molar-refractivity contribution in [2.45, 2.75) is 19.8 Å².